The van der Waals surface area contributed by atoms with Gasteiger partial charge in [-0.2, -0.15) is 0 Å². The van der Waals surface area contributed by atoms with Gasteiger partial charge in [-0.05, 0) is 30.7 Å². The molecule has 2 aliphatic rings. The molecule has 6 nitrogen and oxygen atoms in total. The van der Waals surface area contributed by atoms with Crippen LogP contribution in [0.4, 0.5) is 0 Å². The van der Waals surface area contributed by atoms with Crippen LogP contribution in [0, 0.1) is 0 Å². The van der Waals surface area contributed by atoms with E-state index in [1.165, 1.54) is 0 Å². The smallest absolute Gasteiger partial charge is 0.268 e. The zero-order valence-electron chi connectivity index (χ0n) is 13.2. The summed E-state index contributed by atoms with van der Waals surface area (Å²) in [7, 11) is 0. The quantitative estimate of drug-likeness (QED) is 0.775. The van der Waals surface area contributed by atoms with E-state index in [0.717, 1.165) is 23.7 Å². The minimum atomic E-state index is -0.582. The van der Waals surface area contributed by atoms with E-state index in [4.69, 9.17) is 26.8 Å². The molecule has 24 heavy (non-hydrogen) atoms. The Labute approximate surface area is 144 Å². The van der Waals surface area contributed by atoms with Gasteiger partial charge in [0.2, 0.25) is 0 Å². The normalized spacial score (nSPS) is 26.1. The lowest BCUT2D eigenvalue weighted by Crippen LogP contribution is -2.56. The zero-order chi connectivity index (χ0) is 16.7. The maximum absolute atomic E-state index is 12.6. The van der Waals surface area contributed by atoms with E-state index in [9.17, 15) is 4.79 Å². The number of carbonyl (C=O) groups excluding carboxylic acids is 1. The van der Waals surface area contributed by atoms with Crippen LogP contribution in [-0.2, 0) is 9.47 Å². The lowest BCUT2D eigenvalue weighted by molar-refractivity contribution is -0.183. The maximum atomic E-state index is 12.6. The average Bonchev–Trinajstić information content (AvgIpc) is 3.18. The van der Waals surface area contributed by atoms with Crippen molar-refractivity contribution >= 4 is 28.4 Å². The van der Waals surface area contributed by atoms with Crippen molar-refractivity contribution in [1.29, 1.82) is 0 Å². The van der Waals surface area contributed by atoms with Crippen LogP contribution in [0.3, 0.4) is 0 Å². The number of nitrogens with two attached hydrogens (primary N) is 1. The van der Waals surface area contributed by atoms with Gasteiger partial charge in [-0.25, -0.2) is 0 Å². The van der Waals surface area contributed by atoms with Crippen molar-refractivity contribution in [1.82, 2.24) is 10.3 Å². The molecular weight excluding hydrogens is 330 g/mol. The molecule has 0 radical (unpaired) electrons. The summed E-state index contributed by atoms with van der Waals surface area (Å²) in [5.74, 6) is -0.764. The molecule has 2 atom stereocenters. The van der Waals surface area contributed by atoms with Crippen molar-refractivity contribution in [3.8, 4) is 0 Å². The number of rotatable bonds is 2. The van der Waals surface area contributed by atoms with E-state index < -0.39 is 5.79 Å². The molecule has 1 aliphatic carbocycles. The van der Waals surface area contributed by atoms with Gasteiger partial charge in [0.15, 0.2) is 5.79 Å². The van der Waals surface area contributed by atoms with Gasteiger partial charge < -0.3 is 25.5 Å². The number of fused-ring (bicyclic) bond motifs is 1. The molecule has 1 saturated carbocycles. The van der Waals surface area contributed by atoms with Crippen LogP contribution in [0.1, 0.15) is 29.8 Å². The molecule has 7 heteroatoms. The molecular formula is C17H20ClN3O3. The molecule has 1 aliphatic heterocycles. The lowest BCUT2D eigenvalue weighted by atomic mass is 9.86. The van der Waals surface area contributed by atoms with Crippen molar-refractivity contribution < 1.29 is 14.3 Å². The summed E-state index contributed by atoms with van der Waals surface area (Å²) in [6.07, 6.45) is 2.10. The molecule has 4 rings (SSSR count). The number of nitrogens with one attached hydrogen (secondary N) is 2. The number of amides is 1. The number of aromatic amines is 1. The van der Waals surface area contributed by atoms with Gasteiger partial charge in [0.25, 0.3) is 5.91 Å². The summed E-state index contributed by atoms with van der Waals surface area (Å²) in [6.45, 7) is 1.19. The van der Waals surface area contributed by atoms with Crippen molar-refractivity contribution in [2.75, 3.05) is 13.2 Å². The van der Waals surface area contributed by atoms with Gasteiger partial charge in [-0.1, -0.05) is 11.6 Å². The summed E-state index contributed by atoms with van der Waals surface area (Å²) in [4.78, 5) is 15.7. The molecule has 2 fully saturated rings. The molecule has 1 aromatic heterocycles. The Morgan fingerprint density at radius 3 is 2.92 bits per heavy atom. The SMILES string of the molecule is N[C@@H]1CCC2(C[C@@H]1NC(=O)c1cc3cc(Cl)ccc3[nH]1)OCCO2. The van der Waals surface area contributed by atoms with E-state index >= 15 is 0 Å². The van der Waals surface area contributed by atoms with Crippen LogP contribution in [0.5, 0.6) is 0 Å². The standard InChI is InChI=1S/C17H20ClN3O3/c18-11-1-2-13-10(7-11)8-14(20-13)16(22)21-15-9-17(4-3-12(15)19)23-5-6-24-17/h1-2,7-8,12,15,20H,3-6,9,19H2,(H,21,22)/t12-,15+/m1/s1. The van der Waals surface area contributed by atoms with Crippen LogP contribution >= 0.6 is 11.6 Å². The number of benzene rings is 1. The van der Waals surface area contributed by atoms with Gasteiger partial charge in [-0.15, -0.1) is 0 Å². The molecule has 2 heterocycles. The second-order valence-corrected chi connectivity index (χ2v) is 6.95. The third-order valence-electron chi connectivity index (χ3n) is 4.86. The Kier molecular flexibility index (Phi) is 4.00. The molecule has 2 aromatic rings. The number of carbonyl (C=O) groups is 1. The first-order chi connectivity index (χ1) is 11.5. The van der Waals surface area contributed by atoms with E-state index in [0.29, 0.717) is 30.4 Å². The third kappa shape index (κ3) is 2.91. The molecule has 1 saturated heterocycles. The molecule has 1 amide bonds. The van der Waals surface area contributed by atoms with Crippen molar-refractivity contribution in [2.45, 2.75) is 37.1 Å². The molecule has 4 N–H and O–H groups in total. The monoisotopic (exact) mass is 349 g/mol. The Balaban J connectivity index is 1.51. The maximum Gasteiger partial charge on any atom is 0.268 e. The molecule has 1 aromatic carbocycles. The van der Waals surface area contributed by atoms with Crippen LogP contribution < -0.4 is 11.1 Å². The highest BCUT2D eigenvalue weighted by Crippen LogP contribution is 2.35. The Morgan fingerprint density at radius 1 is 1.33 bits per heavy atom. The van der Waals surface area contributed by atoms with E-state index in [2.05, 4.69) is 10.3 Å². The minimum Gasteiger partial charge on any atom is -0.351 e. The molecule has 1 spiro atoms. The summed E-state index contributed by atoms with van der Waals surface area (Å²) in [5.41, 5.74) is 7.56. The first-order valence-electron chi connectivity index (χ1n) is 8.17. The second-order valence-electron chi connectivity index (χ2n) is 6.51. The zero-order valence-corrected chi connectivity index (χ0v) is 13.9. The van der Waals surface area contributed by atoms with Crippen molar-refractivity contribution in [3.63, 3.8) is 0 Å². The van der Waals surface area contributed by atoms with Gasteiger partial charge in [0.05, 0.1) is 13.2 Å². The fourth-order valence-corrected chi connectivity index (χ4v) is 3.75. The first kappa shape index (κ1) is 15.9. The first-order valence-corrected chi connectivity index (χ1v) is 8.55. The highest BCUT2D eigenvalue weighted by Gasteiger charge is 2.44. The Hall–Kier alpha value is -1.60. The van der Waals surface area contributed by atoms with E-state index in [1.54, 1.807) is 12.1 Å². The van der Waals surface area contributed by atoms with Crippen LogP contribution in [0.25, 0.3) is 10.9 Å². The number of hydrogen-bond donors (Lipinski definition) is 3. The number of ether oxygens (including phenoxy) is 2. The van der Waals surface area contributed by atoms with Crippen molar-refractivity contribution in [3.05, 3.63) is 35.0 Å². The van der Waals surface area contributed by atoms with E-state index in [1.807, 2.05) is 12.1 Å². The van der Waals surface area contributed by atoms with Gasteiger partial charge in [-0.3, -0.25) is 4.79 Å². The number of hydrogen-bond acceptors (Lipinski definition) is 4. The average molecular weight is 350 g/mol. The third-order valence-corrected chi connectivity index (χ3v) is 5.10. The summed E-state index contributed by atoms with van der Waals surface area (Å²) in [5, 5.41) is 4.56. The summed E-state index contributed by atoms with van der Waals surface area (Å²) >= 11 is 5.99. The van der Waals surface area contributed by atoms with E-state index in [-0.39, 0.29) is 18.0 Å². The van der Waals surface area contributed by atoms with Crippen LogP contribution in [-0.4, -0.2) is 42.0 Å². The highest BCUT2D eigenvalue weighted by atomic mass is 35.5. The second kappa shape index (κ2) is 6.04. The number of aromatic nitrogens is 1. The molecule has 0 unspecified atom stereocenters. The predicted octanol–water partition coefficient (Wildman–Crippen LogP) is 2.17. The largest absolute Gasteiger partial charge is 0.351 e. The van der Waals surface area contributed by atoms with Crippen LogP contribution in [0.2, 0.25) is 5.02 Å². The van der Waals surface area contributed by atoms with Crippen molar-refractivity contribution in [2.24, 2.45) is 5.73 Å². The van der Waals surface area contributed by atoms with Gasteiger partial charge in [0.1, 0.15) is 5.69 Å². The van der Waals surface area contributed by atoms with Gasteiger partial charge in [0, 0.05) is 40.9 Å². The fourth-order valence-electron chi connectivity index (χ4n) is 3.57. The Bertz CT molecular complexity index is 770. The number of H-pyrrole nitrogens is 1. The predicted molar refractivity (Wildman–Crippen MR) is 91.0 cm³/mol. The molecule has 0 bridgehead atoms. The highest BCUT2D eigenvalue weighted by molar-refractivity contribution is 6.31. The molecule has 128 valence electrons. The lowest BCUT2D eigenvalue weighted by Gasteiger charge is -2.39. The minimum absolute atomic E-state index is 0.105. The summed E-state index contributed by atoms with van der Waals surface area (Å²) in [6, 6.07) is 6.98. The topological polar surface area (TPSA) is 89.4 Å². The fraction of sp³-hybridized carbons (Fsp3) is 0.471. The Morgan fingerprint density at radius 2 is 2.12 bits per heavy atom. The number of halogens is 1. The van der Waals surface area contributed by atoms with Crippen LogP contribution in [0.15, 0.2) is 24.3 Å². The van der Waals surface area contributed by atoms with Gasteiger partial charge >= 0.3 is 0 Å². The summed E-state index contributed by atoms with van der Waals surface area (Å²) < 4.78 is 11.5.